The quantitative estimate of drug-likeness (QED) is 0.0998. The van der Waals surface area contributed by atoms with E-state index in [1.165, 1.54) is 61.2 Å². The van der Waals surface area contributed by atoms with Gasteiger partial charge in [0.2, 0.25) is 0 Å². The minimum absolute atomic E-state index is 0. The van der Waals surface area contributed by atoms with E-state index in [0.29, 0.717) is 11.4 Å². The van der Waals surface area contributed by atoms with Gasteiger partial charge in [0.25, 0.3) is 0 Å². The number of nitrogens with zero attached hydrogens (tertiary/aromatic N) is 11. The van der Waals surface area contributed by atoms with Crippen LogP contribution < -0.4 is 0 Å². The minimum Gasteiger partial charge on any atom is -0.299 e. The molecule has 124 heavy (non-hydrogen) atoms. The molecule has 2 radical (unpaired) electrons. The zero-order valence-corrected chi connectivity index (χ0v) is 73.1. The average molecular weight is 1970 g/mol. The van der Waals surface area contributed by atoms with Crippen molar-refractivity contribution in [3.63, 3.8) is 0 Å². The maximum atomic E-state index is 13.7. The first-order valence-electron chi connectivity index (χ1n) is 39.9. The number of hydrogen-bond acceptors (Lipinski definition) is 7. The van der Waals surface area contributed by atoms with Crippen LogP contribution in [0.4, 0.5) is 8.78 Å². The molecule has 0 bridgehead atoms. The smallest absolute Gasteiger partial charge is 0.142 e. The van der Waals surface area contributed by atoms with Crippen molar-refractivity contribution >= 4 is 0 Å². The summed E-state index contributed by atoms with van der Waals surface area (Å²) in [4.78, 5) is 12.3. The monoisotopic (exact) mass is 1970 g/mol. The molecule has 0 N–H and O–H groups in total. The maximum Gasteiger partial charge on any atom is 0.142 e. The Kier molecular flexibility index (Phi) is 30.6. The van der Waals surface area contributed by atoms with E-state index in [0.717, 1.165) is 91.2 Å². The van der Waals surface area contributed by atoms with E-state index < -0.39 is 11.6 Å². The molecule has 20 aromatic rings. The van der Waals surface area contributed by atoms with Crippen LogP contribution in [0.1, 0.15) is 22.8 Å². The van der Waals surface area contributed by atoms with Crippen molar-refractivity contribution in [3.8, 4) is 134 Å². The average Bonchev–Trinajstić information content (AvgIpc) is 1.60. The molecule has 0 spiro atoms. The van der Waals surface area contributed by atoms with E-state index >= 15 is 0 Å². The number of hydrogen-bond donors (Lipinski definition) is 0. The molecule has 0 aliphatic carbocycles. The van der Waals surface area contributed by atoms with Gasteiger partial charge in [-0.15, -0.1) is 82.9 Å². The number of para-hydroxylation sites is 4. The molecule has 0 aliphatic rings. The summed E-state index contributed by atoms with van der Waals surface area (Å²) in [7, 11) is 0. The summed E-state index contributed by atoms with van der Waals surface area (Å²) in [6.07, 6.45) is 12.4. The number of aryl methyl sites for hydroxylation is 2. The summed E-state index contributed by atoms with van der Waals surface area (Å²) in [6, 6.07) is 141. The van der Waals surface area contributed by atoms with Crippen LogP contribution in [0.3, 0.4) is 0 Å². The molecule has 6 heterocycles. The van der Waals surface area contributed by atoms with Gasteiger partial charge in [-0.25, -0.2) is 18.1 Å². The van der Waals surface area contributed by atoms with Crippen molar-refractivity contribution in [2.45, 2.75) is 27.7 Å². The van der Waals surface area contributed by atoms with Crippen LogP contribution in [0.15, 0.2) is 432 Å². The summed E-state index contributed by atoms with van der Waals surface area (Å²) in [5.41, 5.74) is 28.6. The Hall–Kier alpha value is -14.7. The van der Waals surface area contributed by atoms with Crippen LogP contribution in [0, 0.1) is 63.6 Å². The van der Waals surface area contributed by atoms with Crippen LogP contribution in [0.5, 0.6) is 0 Å². The second-order valence-electron chi connectivity index (χ2n) is 28.3. The Morgan fingerprint density at radius 2 is 0.597 bits per heavy atom. The predicted octanol–water partition coefficient (Wildman–Crippen LogP) is 26.4. The van der Waals surface area contributed by atoms with Gasteiger partial charge in [0, 0.05) is 110 Å². The predicted molar refractivity (Wildman–Crippen MR) is 489 cm³/mol. The van der Waals surface area contributed by atoms with E-state index in [-0.39, 0.29) is 45.9 Å². The van der Waals surface area contributed by atoms with Crippen molar-refractivity contribution in [3.05, 3.63) is 490 Å². The topological polar surface area (TPSA) is 110 Å². The molecule has 11 nitrogen and oxygen atoms in total. The molecule has 0 saturated heterocycles. The fourth-order valence-electron chi connectivity index (χ4n) is 14.1. The number of aromatic nitrogens is 11. The molecule has 0 amide bonds. The van der Waals surface area contributed by atoms with Gasteiger partial charge in [-0.2, -0.15) is 68.9 Å². The van der Waals surface area contributed by atoms with Gasteiger partial charge in [-0.1, -0.05) is 267 Å². The van der Waals surface area contributed by atoms with Crippen molar-refractivity contribution in [2.24, 2.45) is 0 Å². The Balaban J connectivity index is 0.000000128. The van der Waals surface area contributed by atoms with E-state index in [9.17, 15) is 8.78 Å². The number of halogens is 2. The summed E-state index contributed by atoms with van der Waals surface area (Å²) in [5, 5.41) is 18.2. The number of rotatable bonds is 14. The Morgan fingerprint density at radius 3 is 0.960 bits per heavy atom. The molecule has 0 atom stereocenters. The number of pyridine rings is 1. The largest absolute Gasteiger partial charge is 0.299 e. The molecule has 0 fully saturated rings. The van der Waals surface area contributed by atoms with Gasteiger partial charge in [0.15, 0.2) is 0 Å². The van der Waals surface area contributed by atoms with Crippen LogP contribution >= 0.6 is 0 Å². The summed E-state index contributed by atoms with van der Waals surface area (Å²) in [5.74, 6) is -0.674. The molecule has 610 valence electrons. The fourth-order valence-corrected chi connectivity index (χ4v) is 14.1. The first kappa shape index (κ1) is 87.1. The molecule has 20 rings (SSSR count). The standard InChI is InChI=1S/2C21H16N2.C17H10F2N.2C17H15N2.C16H11N2.2Ir/c2*1-3-7-17(8-4-1)18-11-13-19(14-12-18)20-15-22-23(16-20)21-9-5-2-6-10-21;18-15-10-16(19)17(20-11-15)14-8-4-7-13(9-14)12-5-2-1-3-6-12;2*1-13-17(15-9-5-3-6-10-15)14(2)19(18-13)16-11-7-4-8-12-16;1-2-6-13(7-3-1)14-8-4-9-15(12-14)16-17-10-5-11-18-16;;/h2*1-16H;1-7,9-11H;2*3-11H,1-2H3;1-8,10-12H;;/q;;4*-1;;. The van der Waals surface area contributed by atoms with E-state index in [4.69, 9.17) is 0 Å². The van der Waals surface area contributed by atoms with Gasteiger partial charge >= 0.3 is 0 Å². The van der Waals surface area contributed by atoms with Crippen molar-refractivity contribution < 1.29 is 49.0 Å². The van der Waals surface area contributed by atoms with Gasteiger partial charge in [-0.3, -0.25) is 24.3 Å². The minimum atomic E-state index is -0.689. The van der Waals surface area contributed by atoms with E-state index in [1.54, 1.807) is 24.5 Å². The molecule has 0 aliphatic heterocycles. The zero-order chi connectivity index (χ0) is 83.6. The second kappa shape index (κ2) is 43.5. The van der Waals surface area contributed by atoms with Crippen molar-refractivity contribution in [1.82, 2.24) is 54.1 Å². The molecule has 14 aromatic carbocycles. The van der Waals surface area contributed by atoms with Gasteiger partial charge in [-0.05, 0) is 125 Å². The zero-order valence-electron chi connectivity index (χ0n) is 68.3. The number of benzene rings is 14. The van der Waals surface area contributed by atoms with Gasteiger partial charge in [0.1, 0.15) is 11.6 Å². The normalized spacial score (nSPS) is 10.4. The van der Waals surface area contributed by atoms with Crippen molar-refractivity contribution in [2.75, 3.05) is 0 Å². The molecule has 6 aromatic heterocycles. The van der Waals surface area contributed by atoms with Crippen LogP contribution in [0.2, 0.25) is 0 Å². The van der Waals surface area contributed by atoms with Gasteiger partial charge < -0.3 is 0 Å². The first-order chi connectivity index (χ1) is 60.0. The molecular weight excluding hydrogens is 1890 g/mol. The van der Waals surface area contributed by atoms with E-state index in [2.05, 4.69) is 288 Å². The maximum absolute atomic E-state index is 13.7. The Labute approximate surface area is 749 Å². The third-order valence-corrected chi connectivity index (χ3v) is 20.1. The van der Waals surface area contributed by atoms with E-state index in [1.807, 2.05) is 213 Å². The molecule has 15 heteroatoms. The van der Waals surface area contributed by atoms with Crippen molar-refractivity contribution in [1.29, 1.82) is 0 Å². The summed E-state index contributed by atoms with van der Waals surface area (Å²) < 4.78 is 34.4. The fraction of sp³-hybridized carbons (Fsp3) is 0.0367. The van der Waals surface area contributed by atoms with Crippen LogP contribution in [0.25, 0.3) is 134 Å². The van der Waals surface area contributed by atoms with Crippen LogP contribution in [-0.2, 0) is 40.2 Å². The summed E-state index contributed by atoms with van der Waals surface area (Å²) >= 11 is 0. The first-order valence-corrected chi connectivity index (χ1v) is 39.9. The summed E-state index contributed by atoms with van der Waals surface area (Å²) in [6.45, 7) is 8.30. The Bertz CT molecular complexity index is 6300. The third kappa shape index (κ3) is 22.5. The second-order valence-corrected chi connectivity index (χ2v) is 28.3. The molecular formula is C109H83F2Ir2N11-4. The molecule has 0 unspecified atom stereocenters. The van der Waals surface area contributed by atoms with Crippen LogP contribution in [-0.4, -0.2) is 54.1 Å². The third-order valence-electron chi connectivity index (χ3n) is 20.1. The Morgan fingerprint density at radius 1 is 0.274 bits per heavy atom. The molecule has 0 saturated carbocycles. The van der Waals surface area contributed by atoms with Gasteiger partial charge in [0.05, 0.1) is 47.2 Å². The SMILES string of the molecule is Cc1nn(-c2[c-]cccc2)c(C)c1-c1ccccc1.Cc1nn(-c2[c-]cccc2)c(C)c1-c1ccccc1.Fc1cnc(-c2[c-]ccc(-c3ccccc3)c2)c(F)c1.[Ir].[Ir].[c-]1ccc(-c2ccccc2)cc1-c1ncccn1.c1ccc(-c2ccc(-c3cnn(-c4ccccc4)c3)cc2)cc1.c1ccc(-c2ccc(-c3cnn(-c4ccccc4)c3)cc2)cc1.